The van der Waals surface area contributed by atoms with Crippen LogP contribution in [-0.2, 0) is 0 Å². The van der Waals surface area contributed by atoms with Gasteiger partial charge in [0.25, 0.3) is 0 Å². The Labute approximate surface area is 76.0 Å². The molecule has 0 atom stereocenters. The van der Waals surface area contributed by atoms with E-state index < -0.39 is 0 Å². The fourth-order valence-electron chi connectivity index (χ4n) is 1.29. The number of anilines is 1. The number of nitrogens with two attached hydrogens (primary N) is 1. The maximum atomic E-state index is 5.89. The van der Waals surface area contributed by atoms with Gasteiger partial charge in [0.2, 0.25) is 0 Å². The Morgan fingerprint density at radius 3 is 2.92 bits per heavy atom. The molecule has 1 aromatic rings. The van der Waals surface area contributed by atoms with Crippen LogP contribution >= 0.6 is 11.6 Å². The van der Waals surface area contributed by atoms with Crippen LogP contribution in [0.15, 0.2) is 29.3 Å². The maximum Gasteiger partial charge on any atom is 0.0608 e. The van der Waals surface area contributed by atoms with Gasteiger partial charge in [-0.15, -0.1) is 0 Å². The molecule has 12 heavy (non-hydrogen) atoms. The molecule has 1 aromatic carbocycles. The van der Waals surface area contributed by atoms with Gasteiger partial charge in [-0.05, 0) is 6.07 Å². The summed E-state index contributed by atoms with van der Waals surface area (Å²) in [4.78, 5) is 0. The van der Waals surface area contributed by atoms with E-state index >= 15 is 0 Å². The van der Waals surface area contributed by atoms with E-state index in [1.165, 1.54) is 0 Å². The summed E-state index contributed by atoms with van der Waals surface area (Å²) in [5.41, 5.74) is 8.53. The highest BCUT2D eigenvalue weighted by Gasteiger charge is 2.13. The molecule has 2 rings (SSSR count). The highest BCUT2D eigenvalue weighted by Crippen LogP contribution is 2.28. The highest BCUT2D eigenvalue weighted by atomic mass is 35.5. The number of hydrogen-bond acceptors (Lipinski definition) is 2. The lowest BCUT2D eigenvalue weighted by molar-refractivity contribution is 1.25. The minimum Gasteiger partial charge on any atom is -0.397 e. The van der Waals surface area contributed by atoms with E-state index in [1.807, 2.05) is 24.3 Å². The molecule has 0 amide bonds. The Morgan fingerprint density at radius 2 is 2.08 bits per heavy atom. The molecule has 1 heterocycles. The second-order valence-corrected chi connectivity index (χ2v) is 3.17. The first kappa shape index (κ1) is 7.50. The number of hydrogen-bond donors (Lipinski definition) is 2. The molecule has 0 fully saturated rings. The number of benzene rings is 1. The van der Waals surface area contributed by atoms with E-state index in [4.69, 9.17) is 17.3 Å². The van der Waals surface area contributed by atoms with Gasteiger partial charge in [-0.3, -0.25) is 0 Å². The van der Waals surface area contributed by atoms with Crippen molar-refractivity contribution in [2.45, 2.75) is 0 Å². The van der Waals surface area contributed by atoms with E-state index in [0.29, 0.717) is 17.3 Å². The van der Waals surface area contributed by atoms with E-state index in [-0.39, 0.29) is 0 Å². The maximum absolute atomic E-state index is 5.89. The van der Waals surface area contributed by atoms with Crippen molar-refractivity contribution in [3.63, 3.8) is 0 Å². The fraction of sp³-hybridized carbons (Fsp3) is 0.111. The van der Waals surface area contributed by atoms with Crippen LogP contribution in [0.5, 0.6) is 0 Å². The molecule has 0 saturated heterocycles. The highest BCUT2D eigenvalue weighted by molar-refractivity contribution is 6.33. The van der Waals surface area contributed by atoms with Gasteiger partial charge >= 0.3 is 0 Å². The van der Waals surface area contributed by atoms with Gasteiger partial charge in [-0.2, -0.15) is 0 Å². The summed E-state index contributed by atoms with van der Waals surface area (Å²) in [5.74, 6) is 0. The van der Waals surface area contributed by atoms with Crippen molar-refractivity contribution in [3.8, 4) is 0 Å². The lowest BCUT2D eigenvalue weighted by Gasteiger charge is -2.18. The molecule has 0 saturated carbocycles. The monoisotopic (exact) mass is 180 g/mol. The normalized spacial score (nSPS) is 15.4. The van der Waals surface area contributed by atoms with Gasteiger partial charge in [-0.25, -0.2) is 0 Å². The van der Waals surface area contributed by atoms with Crippen LogP contribution in [0.4, 0.5) is 5.69 Å². The standard InChI is InChI=1S/C9H9ClN2/c10-7-5-12-8-4-2-1-3-6(8)9(7)11/h1-4,12H,5,11H2. The molecule has 3 N–H and O–H groups in total. The van der Waals surface area contributed by atoms with Gasteiger partial charge in [0.15, 0.2) is 0 Å². The SMILES string of the molecule is NC1=C(Cl)CNc2ccccc21. The topological polar surface area (TPSA) is 38.0 Å². The zero-order chi connectivity index (χ0) is 8.55. The summed E-state index contributed by atoms with van der Waals surface area (Å²) in [6.45, 7) is 0.629. The first-order valence-electron chi connectivity index (χ1n) is 3.76. The van der Waals surface area contributed by atoms with E-state index in [9.17, 15) is 0 Å². The van der Waals surface area contributed by atoms with Crippen molar-refractivity contribution >= 4 is 23.0 Å². The summed E-state index contributed by atoms with van der Waals surface area (Å²) in [6.07, 6.45) is 0. The molecule has 0 radical (unpaired) electrons. The average molecular weight is 181 g/mol. The quantitative estimate of drug-likeness (QED) is 0.641. The van der Waals surface area contributed by atoms with Crippen LogP contribution in [0.2, 0.25) is 0 Å². The van der Waals surface area contributed by atoms with Crippen LogP contribution in [-0.4, -0.2) is 6.54 Å². The van der Waals surface area contributed by atoms with Crippen LogP contribution in [0.1, 0.15) is 5.56 Å². The first-order valence-corrected chi connectivity index (χ1v) is 4.14. The van der Waals surface area contributed by atoms with Crippen molar-refractivity contribution in [3.05, 3.63) is 34.9 Å². The molecular formula is C9H9ClN2. The Balaban J connectivity index is 2.59. The second kappa shape index (κ2) is 2.72. The number of rotatable bonds is 0. The average Bonchev–Trinajstić information content (AvgIpc) is 2.12. The Hall–Kier alpha value is -1.15. The summed E-state index contributed by atoms with van der Waals surface area (Å²) < 4.78 is 0. The van der Waals surface area contributed by atoms with Crippen molar-refractivity contribution < 1.29 is 0 Å². The minimum absolute atomic E-state index is 0.629. The zero-order valence-corrected chi connectivity index (χ0v) is 7.23. The molecular weight excluding hydrogens is 172 g/mol. The van der Waals surface area contributed by atoms with E-state index in [0.717, 1.165) is 11.3 Å². The molecule has 2 nitrogen and oxygen atoms in total. The number of para-hydroxylation sites is 1. The number of fused-ring (bicyclic) bond motifs is 1. The largest absolute Gasteiger partial charge is 0.397 e. The lowest BCUT2D eigenvalue weighted by atomic mass is 10.1. The van der Waals surface area contributed by atoms with Crippen molar-refractivity contribution in [1.82, 2.24) is 0 Å². The third-order valence-corrected chi connectivity index (χ3v) is 2.28. The summed E-state index contributed by atoms with van der Waals surface area (Å²) in [5, 5.41) is 3.86. The van der Waals surface area contributed by atoms with Crippen LogP contribution < -0.4 is 11.1 Å². The second-order valence-electron chi connectivity index (χ2n) is 2.72. The van der Waals surface area contributed by atoms with Crippen LogP contribution in [0.25, 0.3) is 5.70 Å². The van der Waals surface area contributed by atoms with Gasteiger partial charge < -0.3 is 11.1 Å². The first-order chi connectivity index (χ1) is 5.79. The molecule has 0 spiro atoms. The van der Waals surface area contributed by atoms with Crippen molar-refractivity contribution in [2.24, 2.45) is 5.73 Å². The third kappa shape index (κ3) is 1.04. The Bertz CT molecular complexity index is 344. The Kier molecular flexibility index (Phi) is 1.70. The van der Waals surface area contributed by atoms with E-state index in [1.54, 1.807) is 0 Å². The Morgan fingerprint density at radius 1 is 1.33 bits per heavy atom. The zero-order valence-electron chi connectivity index (χ0n) is 6.47. The summed E-state index contributed by atoms with van der Waals surface area (Å²) in [6, 6.07) is 7.87. The number of nitrogens with one attached hydrogen (secondary N) is 1. The molecule has 1 aliphatic rings. The van der Waals surface area contributed by atoms with Crippen LogP contribution in [0.3, 0.4) is 0 Å². The molecule has 0 unspecified atom stereocenters. The van der Waals surface area contributed by atoms with Gasteiger partial charge in [-0.1, -0.05) is 29.8 Å². The van der Waals surface area contributed by atoms with E-state index in [2.05, 4.69) is 5.32 Å². The third-order valence-electron chi connectivity index (χ3n) is 1.94. The summed E-state index contributed by atoms with van der Waals surface area (Å²) in [7, 11) is 0. The molecule has 3 heteroatoms. The van der Waals surface area contributed by atoms with Gasteiger partial charge in [0.05, 0.1) is 17.3 Å². The minimum atomic E-state index is 0.629. The van der Waals surface area contributed by atoms with Gasteiger partial charge in [0.1, 0.15) is 0 Å². The predicted octanol–water partition coefficient (Wildman–Crippen LogP) is 1.98. The lowest BCUT2D eigenvalue weighted by Crippen LogP contribution is -2.15. The van der Waals surface area contributed by atoms with Crippen molar-refractivity contribution in [2.75, 3.05) is 11.9 Å². The molecule has 0 aromatic heterocycles. The number of halogens is 1. The fourth-order valence-corrected chi connectivity index (χ4v) is 1.45. The molecule has 0 aliphatic carbocycles. The van der Waals surface area contributed by atoms with Crippen molar-refractivity contribution in [1.29, 1.82) is 0 Å². The molecule has 62 valence electrons. The predicted molar refractivity (Wildman–Crippen MR) is 51.9 cm³/mol. The smallest absolute Gasteiger partial charge is 0.0608 e. The summed E-state index contributed by atoms with van der Waals surface area (Å²) >= 11 is 5.89. The molecule has 0 bridgehead atoms. The molecule has 1 aliphatic heterocycles. The van der Waals surface area contributed by atoms with Gasteiger partial charge in [0, 0.05) is 11.3 Å². The van der Waals surface area contributed by atoms with Crippen LogP contribution in [0, 0.1) is 0 Å².